The van der Waals surface area contributed by atoms with Gasteiger partial charge < -0.3 is 10.1 Å². The van der Waals surface area contributed by atoms with Crippen molar-refractivity contribution in [3.8, 4) is 0 Å². The van der Waals surface area contributed by atoms with Gasteiger partial charge in [-0.05, 0) is 61.4 Å². The van der Waals surface area contributed by atoms with E-state index in [0.29, 0.717) is 6.04 Å². The van der Waals surface area contributed by atoms with Gasteiger partial charge in [0.25, 0.3) is 0 Å². The molecule has 18 heavy (non-hydrogen) atoms. The molecule has 0 amide bonds. The lowest BCUT2D eigenvalue weighted by Crippen LogP contribution is -2.35. The molecular formula is C15H20ClNO. The summed E-state index contributed by atoms with van der Waals surface area (Å²) in [6.45, 7) is 3.01. The minimum absolute atomic E-state index is 0.598. The van der Waals surface area contributed by atoms with Gasteiger partial charge in [0.2, 0.25) is 0 Å². The summed E-state index contributed by atoms with van der Waals surface area (Å²) < 4.78 is 5.39. The lowest BCUT2D eigenvalue weighted by Gasteiger charge is -2.24. The van der Waals surface area contributed by atoms with Crippen LogP contribution in [0.2, 0.25) is 5.02 Å². The molecule has 1 aliphatic carbocycles. The molecule has 1 fully saturated rings. The van der Waals surface area contributed by atoms with Crippen LogP contribution in [0.3, 0.4) is 0 Å². The largest absolute Gasteiger partial charge is 0.381 e. The molecule has 1 saturated heterocycles. The van der Waals surface area contributed by atoms with Crippen LogP contribution in [0, 0.1) is 5.92 Å². The van der Waals surface area contributed by atoms with Gasteiger partial charge in [0, 0.05) is 24.3 Å². The van der Waals surface area contributed by atoms with Crippen LogP contribution in [0.4, 0.5) is 0 Å². The average molecular weight is 266 g/mol. The minimum atomic E-state index is 0.598. The third-order valence-electron chi connectivity index (χ3n) is 4.14. The lowest BCUT2D eigenvalue weighted by atomic mass is 10.00. The molecule has 0 aromatic heterocycles. The molecule has 0 saturated carbocycles. The van der Waals surface area contributed by atoms with Gasteiger partial charge in [-0.15, -0.1) is 0 Å². The molecule has 1 aliphatic heterocycles. The van der Waals surface area contributed by atoms with Gasteiger partial charge in [-0.3, -0.25) is 0 Å². The highest BCUT2D eigenvalue weighted by molar-refractivity contribution is 6.30. The summed E-state index contributed by atoms with van der Waals surface area (Å²) in [6.07, 6.45) is 4.69. The number of fused-ring (bicyclic) bond motifs is 1. The van der Waals surface area contributed by atoms with Gasteiger partial charge in [-0.1, -0.05) is 17.7 Å². The number of hydrogen-bond donors (Lipinski definition) is 1. The minimum Gasteiger partial charge on any atom is -0.381 e. The average Bonchev–Trinajstić information content (AvgIpc) is 2.79. The van der Waals surface area contributed by atoms with E-state index in [1.54, 1.807) is 0 Å². The highest BCUT2D eigenvalue weighted by Crippen LogP contribution is 2.25. The summed E-state index contributed by atoms with van der Waals surface area (Å²) in [7, 11) is 0. The number of halogens is 1. The van der Waals surface area contributed by atoms with Crippen LogP contribution >= 0.6 is 11.6 Å². The topological polar surface area (TPSA) is 21.3 Å². The fourth-order valence-corrected chi connectivity index (χ4v) is 3.21. The zero-order valence-electron chi connectivity index (χ0n) is 10.6. The Morgan fingerprint density at radius 1 is 1.17 bits per heavy atom. The normalized spacial score (nSPS) is 24.2. The Kier molecular flexibility index (Phi) is 3.88. The van der Waals surface area contributed by atoms with Gasteiger partial charge in [0.15, 0.2) is 0 Å². The summed E-state index contributed by atoms with van der Waals surface area (Å²) in [6, 6.07) is 6.89. The summed E-state index contributed by atoms with van der Waals surface area (Å²) >= 11 is 6.04. The molecule has 98 valence electrons. The van der Waals surface area contributed by atoms with Crippen molar-refractivity contribution in [3.63, 3.8) is 0 Å². The van der Waals surface area contributed by atoms with E-state index < -0.39 is 0 Å². The second kappa shape index (κ2) is 5.60. The Labute approximate surface area is 114 Å². The molecule has 0 radical (unpaired) electrons. The van der Waals surface area contributed by atoms with E-state index in [0.717, 1.165) is 43.5 Å². The molecule has 2 aliphatic rings. The molecule has 1 aromatic rings. The predicted molar refractivity (Wildman–Crippen MR) is 74.2 cm³/mol. The Morgan fingerprint density at radius 2 is 1.94 bits per heavy atom. The predicted octanol–water partition coefficient (Wildman–Crippen LogP) is 2.82. The van der Waals surface area contributed by atoms with Crippen LogP contribution in [0.1, 0.15) is 24.0 Å². The van der Waals surface area contributed by atoms with E-state index in [4.69, 9.17) is 16.3 Å². The number of benzene rings is 1. The number of rotatable bonds is 3. The van der Waals surface area contributed by atoms with Crippen LogP contribution in [-0.4, -0.2) is 25.8 Å². The number of nitrogens with one attached hydrogen (secondary N) is 1. The fraction of sp³-hybridized carbons (Fsp3) is 0.600. The second-order valence-corrected chi connectivity index (χ2v) is 5.92. The Morgan fingerprint density at radius 3 is 2.78 bits per heavy atom. The summed E-state index contributed by atoms with van der Waals surface area (Å²) in [4.78, 5) is 0. The van der Waals surface area contributed by atoms with E-state index in [-0.39, 0.29) is 0 Å². The molecule has 1 N–H and O–H groups in total. The van der Waals surface area contributed by atoms with Gasteiger partial charge in [-0.25, -0.2) is 0 Å². The van der Waals surface area contributed by atoms with E-state index in [2.05, 4.69) is 17.4 Å². The van der Waals surface area contributed by atoms with Gasteiger partial charge in [0.05, 0.1) is 0 Å². The molecule has 2 nitrogen and oxygen atoms in total. The number of ether oxygens (including phenoxy) is 1. The smallest absolute Gasteiger partial charge is 0.0469 e. The van der Waals surface area contributed by atoms with Crippen molar-refractivity contribution >= 4 is 11.6 Å². The first kappa shape index (κ1) is 12.5. The van der Waals surface area contributed by atoms with Crippen LogP contribution < -0.4 is 5.32 Å². The van der Waals surface area contributed by atoms with Crippen molar-refractivity contribution in [1.29, 1.82) is 0 Å². The van der Waals surface area contributed by atoms with E-state index >= 15 is 0 Å². The van der Waals surface area contributed by atoms with Crippen LogP contribution in [0.5, 0.6) is 0 Å². The maximum absolute atomic E-state index is 6.04. The Bertz CT molecular complexity index is 415. The van der Waals surface area contributed by atoms with Crippen molar-refractivity contribution in [2.75, 3.05) is 19.8 Å². The summed E-state index contributed by atoms with van der Waals surface area (Å²) in [5.41, 5.74) is 2.89. The summed E-state index contributed by atoms with van der Waals surface area (Å²) in [5.74, 6) is 0.797. The maximum Gasteiger partial charge on any atom is 0.0469 e. The van der Waals surface area contributed by atoms with Crippen LogP contribution in [0.15, 0.2) is 18.2 Å². The molecule has 1 heterocycles. The third-order valence-corrected chi connectivity index (χ3v) is 4.37. The molecule has 1 atom stereocenters. The molecule has 1 unspecified atom stereocenters. The Balaban J connectivity index is 1.51. The van der Waals surface area contributed by atoms with Crippen molar-refractivity contribution < 1.29 is 4.74 Å². The maximum atomic E-state index is 6.04. The first-order valence-corrected chi connectivity index (χ1v) is 7.27. The molecule has 0 bridgehead atoms. The van der Waals surface area contributed by atoms with Gasteiger partial charge >= 0.3 is 0 Å². The highest BCUT2D eigenvalue weighted by Gasteiger charge is 2.22. The fourth-order valence-electron chi connectivity index (χ4n) is 3.01. The van der Waals surface area contributed by atoms with Gasteiger partial charge in [0.1, 0.15) is 0 Å². The van der Waals surface area contributed by atoms with Crippen molar-refractivity contribution in [2.24, 2.45) is 5.92 Å². The van der Waals surface area contributed by atoms with E-state index in [9.17, 15) is 0 Å². The third kappa shape index (κ3) is 2.87. The Hall–Kier alpha value is -0.570. The summed E-state index contributed by atoms with van der Waals surface area (Å²) in [5, 5.41) is 4.58. The lowest BCUT2D eigenvalue weighted by molar-refractivity contribution is 0.0655. The molecule has 0 spiro atoms. The standard InChI is InChI=1S/C15H20ClNO/c16-14-2-1-12-8-15(9-13(12)7-14)17-10-11-3-5-18-6-4-11/h1-2,7,11,15,17H,3-6,8-10H2. The van der Waals surface area contributed by atoms with Gasteiger partial charge in [-0.2, -0.15) is 0 Å². The first-order valence-electron chi connectivity index (χ1n) is 6.89. The zero-order chi connectivity index (χ0) is 12.4. The monoisotopic (exact) mass is 265 g/mol. The molecule has 3 heteroatoms. The number of hydrogen-bond acceptors (Lipinski definition) is 2. The molecule has 3 rings (SSSR count). The SMILES string of the molecule is Clc1ccc2c(c1)CC(NCC1CCOCC1)C2. The second-order valence-electron chi connectivity index (χ2n) is 5.48. The quantitative estimate of drug-likeness (QED) is 0.908. The van der Waals surface area contributed by atoms with Crippen molar-refractivity contribution in [3.05, 3.63) is 34.3 Å². The van der Waals surface area contributed by atoms with Crippen molar-refractivity contribution in [2.45, 2.75) is 31.7 Å². The highest BCUT2D eigenvalue weighted by atomic mass is 35.5. The zero-order valence-corrected chi connectivity index (χ0v) is 11.4. The van der Waals surface area contributed by atoms with Crippen molar-refractivity contribution in [1.82, 2.24) is 5.32 Å². The van der Waals surface area contributed by atoms with Crippen LogP contribution in [0.25, 0.3) is 0 Å². The molecular weight excluding hydrogens is 246 g/mol. The van der Waals surface area contributed by atoms with E-state index in [1.807, 2.05) is 6.07 Å². The first-order chi connectivity index (χ1) is 8.81. The van der Waals surface area contributed by atoms with Crippen LogP contribution in [-0.2, 0) is 17.6 Å². The van der Waals surface area contributed by atoms with E-state index in [1.165, 1.54) is 24.0 Å². The molecule has 1 aromatic carbocycles.